The van der Waals surface area contributed by atoms with Crippen molar-refractivity contribution in [1.82, 2.24) is 0 Å². The van der Waals surface area contributed by atoms with Gasteiger partial charge in [-0.05, 0) is 34.5 Å². The van der Waals surface area contributed by atoms with Crippen LogP contribution in [0.2, 0.25) is 0 Å². The molecule has 96 valence electrons. The summed E-state index contributed by atoms with van der Waals surface area (Å²) < 4.78 is 0. The molecule has 3 heteroatoms. The first kappa shape index (κ1) is 12.9. The number of rotatable bonds is 3. The first-order chi connectivity index (χ1) is 8.44. The number of aliphatic hydroxyl groups is 1. The van der Waals surface area contributed by atoms with Gasteiger partial charge in [0.25, 0.3) is 0 Å². The van der Waals surface area contributed by atoms with Gasteiger partial charge in [0, 0.05) is 18.1 Å². The van der Waals surface area contributed by atoms with Gasteiger partial charge in [-0.3, -0.25) is 0 Å². The molecular weight excluding hydrogens is 226 g/mol. The predicted molar refractivity (Wildman–Crippen MR) is 73.4 cm³/mol. The van der Waals surface area contributed by atoms with Crippen LogP contribution in [0.1, 0.15) is 25.5 Å². The molecule has 0 aliphatic rings. The van der Waals surface area contributed by atoms with E-state index < -0.39 is 0 Å². The first-order valence-electron chi connectivity index (χ1n) is 6.03. The SMILES string of the molecule is CC(C)(CO)[C@H](N)c1ccc2cc(O)ccc2c1. The zero-order valence-electron chi connectivity index (χ0n) is 10.7. The summed E-state index contributed by atoms with van der Waals surface area (Å²) in [6.45, 7) is 3.93. The second-order valence-electron chi connectivity index (χ2n) is 5.42. The highest BCUT2D eigenvalue weighted by atomic mass is 16.3. The van der Waals surface area contributed by atoms with Gasteiger partial charge in [-0.1, -0.05) is 32.0 Å². The maximum Gasteiger partial charge on any atom is 0.116 e. The van der Waals surface area contributed by atoms with E-state index in [1.54, 1.807) is 12.1 Å². The van der Waals surface area contributed by atoms with Gasteiger partial charge in [-0.15, -0.1) is 0 Å². The molecule has 3 nitrogen and oxygen atoms in total. The van der Waals surface area contributed by atoms with Crippen molar-refractivity contribution in [2.75, 3.05) is 6.61 Å². The predicted octanol–water partition coefficient (Wildman–Crippen LogP) is 2.56. The number of benzene rings is 2. The summed E-state index contributed by atoms with van der Waals surface area (Å²) in [4.78, 5) is 0. The molecule has 2 aromatic carbocycles. The van der Waals surface area contributed by atoms with E-state index in [4.69, 9.17) is 5.73 Å². The number of hydrogen-bond donors (Lipinski definition) is 3. The van der Waals surface area contributed by atoms with E-state index in [-0.39, 0.29) is 23.8 Å². The number of fused-ring (bicyclic) bond motifs is 1. The third-order valence-electron chi connectivity index (χ3n) is 3.46. The summed E-state index contributed by atoms with van der Waals surface area (Å²) in [5.74, 6) is 0.259. The van der Waals surface area contributed by atoms with Crippen molar-refractivity contribution >= 4 is 10.8 Å². The topological polar surface area (TPSA) is 66.5 Å². The summed E-state index contributed by atoms with van der Waals surface area (Å²) in [6.07, 6.45) is 0. The van der Waals surface area contributed by atoms with Gasteiger partial charge in [-0.2, -0.15) is 0 Å². The molecular formula is C15H19NO2. The molecule has 0 saturated heterocycles. The zero-order chi connectivity index (χ0) is 13.3. The largest absolute Gasteiger partial charge is 0.508 e. The van der Waals surface area contributed by atoms with Crippen LogP contribution >= 0.6 is 0 Å². The molecule has 2 aromatic rings. The Morgan fingerprint density at radius 2 is 1.72 bits per heavy atom. The second-order valence-corrected chi connectivity index (χ2v) is 5.42. The lowest BCUT2D eigenvalue weighted by Gasteiger charge is -2.29. The molecule has 0 spiro atoms. The Morgan fingerprint density at radius 1 is 1.11 bits per heavy atom. The summed E-state index contributed by atoms with van der Waals surface area (Å²) in [5.41, 5.74) is 6.83. The minimum Gasteiger partial charge on any atom is -0.508 e. The van der Waals surface area contributed by atoms with E-state index in [2.05, 4.69) is 0 Å². The Labute approximate surface area is 107 Å². The van der Waals surface area contributed by atoms with E-state index in [9.17, 15) is 10.2 Å². The molecule has 0 radical (unpaired) electrons. The van der Waals surface area contributed by atoms with Gasteiger partial charge >= 0.3 is 0 Å². The van der Waals surface area contributed by atoms with Gasteiger partial charge in [0.15, 0.2) is 0 Å². The molecule has 0 saturated carbocycles. The highest BCUT2D eigenvalue weighted by Crippen LogP contribution is 2.32. The lowest BCUT2D eigenvalue weighted by Crippen LogP contribution is -2.32. The summed E-state index contributed by atoms with van der Waals surface area (Å²) in [7, 11) is 0. The number of phenolic OH excluding ortho intramolecular Hbond substituents is 1. The number of aromatic hydroxyl groups is 1. The third-order valence-corrected chi connectivity index (χ3v) is 3.46. The van der Waals surface area contributed by atoms with Crippen LogP contribution in [0.3, 0.4) is 0 Å². The van der Waals surface area contributed by atoms with Crippen molar-refractivity contribution in [3.8, 4) is 5.75 Å². The summed E-state index contributed by atoms with van der Waals surface area (Å²) in [5, 5.41) is 20.8. The molecule has 0 bridgehead atoms. The molecule has 2 rings (SSSR count). The van der Waals surface area contributed by atoms with Crippen molar-refractivity contribution in [3.05, 3.63) is 42.0 Å². The molecule has 0 unspecified atom stereocenters. The van der Waals surface area contributed by atoms with E-state index in [0.717, 1.165) is 16.3 Å². The number of nitrogens with two attached hydrogens (primary N) is 1. The number of aliphatic hydroxyl groups excluding tert-OH is 1. The van der Waals surface area contributed by atoms with E-state index in [1.807, 2.05) is 38.1 Å². The first-order valence-corrected chi connectivity index (χ1v) is 6.03. The Hall–Kier alpha value is -1.58. The normalized spacial score (nSPS) is 13.8. The molecule has 18 heavy (non-hydrogen) atoms. The maximum absolute atomic E-state index is 9.42. The van der Waals surface area contributed by atoms with Gasteiger partial charge < -0.3 is 15.9 Å². The van der Waals surface area contributed by atoms with Crippen LogP contribution in [0.15, 0.2) is 36.4 Å². The number of phenols is 1. The van der Waals surface area contributed by atoms with Crippen molar-refractivity contribution in [2.24, 2.45) is 11.1 Å². The smallest absolute Gasteiger partial charge is 0.116 e. The molecule has 4 N–H and O–H groups in total. The molecule has 0 heterocycles. The fraction of sp³-hybridized carbons (Fsp3) is 0.333. The minimum atomic E-state index is -0.357. The van der Waals surface area contributed by atoms with Crippen molar-refractivity contribution in [2.45, 2.75) is 19.9 Å². The Morgan fingerprint density at radius 3 is 2.39 bits per heavy atom. The van der Waals surface area contributed by atoms with Crippen LogP contribution in [0.4, 0.5) is 0 Å². The third kappa shape index (κ3) is 2.33. The average Bonchev–Trinajstić information content (AvgIpc) is 2.37. The Kier molecular flexibility index (Phi) is 3.28. The highest BCUT2D eigenvalue weighted by Gasteiger charge is 2.26. The average molecular weight is 245 g/mol. The van der Waals surface area contributed by atoms with Crippen LogP contribution in [0.25, 0.3) is 10.8 Å². The van der Waals surface area contributed by atoms with E-state index in [0.29, 0.717) is 0 Å². The lowest BCUT2D eigenvalue weighted by molar-refractivity contribution is 0.132. The molecule has 0 aromatic heterocycles. The lowest BCUT2D eigenvalue weighted by atomic mass is 9.81. The van der Waals surface area contributed by atoms with E-state index in [1.165, 1.54) is 0 Å². The van der Waals surface area contributed by atoms with Gasteiger partial charge in [0.2, 0.25) is 0 Å². The Bertz CT molecular complexity index is 563. The molecule has 0 aliphatic carbocycles. The second kappa shape index (κ2) is 4.59. The van der Waals surface area contributed by atoms with Gasteiger partial charge in [0.1, 0.15) is 5.75 Å². The maximum atomic E-state index is 9.42. The summed E-state index contributed by atoms with van der Waals surface area (Å²) >= 11 is 0. The fourth-order valence-corrected chi connectivity index (χ4v) is 1.99. The minimum absolute atomic E-state index is 0.0434. The molecule has 0 fully saturated rings. The van der Waals surface area contributed by atoms with E-state index >= 15 is 0 Å². The standard InChI is InChI=1S/C15H19NO2/c1-15(2,9-17)14(16)12-4-3-11-8-13(18)6-5-10(11)7-12/h3-8,14,17-18H,9,16H2,1-2H3/t14-/m1/s1. The van der Waals surface area contributed by atoms with Crippen LogP contribution in [-0.4, -0.2) is 16.8 Å². The quantitative estimate of drug-likeness (QED) is 0.778. The van der Waals surface area contributed by atoms with Crippen molar-refractivity contribution in [3.63, 3.8) is 0 Å². The Balaban J connectivity index is 2.44. The van der Waals surface area contributed by atoms with Crippen LogP contribution in [0.5, 0.6) is 5.75 Å². The van der Waals surface area contributed by atoms with Gasteiger partial charge in [-0.25, -0.2) is 0 Å². The van der Waals surface area contributed by atoms with Crippen molar-refractivity contribution in [1.29, 1.82) is 0 Å². The molecule has 0 aliphatic heterocycles. The fourth-order valence-electron chi connectivity index (χ4n) is 1.99. The van der Waals surface area contributed by atoms with Crippen molar-refractivity contribution < 1.29 is 10.2 Å². The van der Waals surface area contributed by atoms with Crippen LogP contribution in [0, 0.1) is 5.41 Å². The molecule has 0 amide bonds. The summed E-state index contributed by atoms with van der Waals surface area (Å²) in [6, 6.07) is 10.9. The van der Waals surface area contributed by atoms with Crippen LogP contribution < -0.4 is 5.73 Å². The highest BCUT2D eigenvalue weighted by molar-refractivity contribution is 5.84. The zero-order valence-corrected chi connectivity index (χ0v) is 10.7. The molecule has 1 atom stereocenters. The monoisotopic (exact) mass is 245 g/mol. The van der Waals surface area contributed by atoms with Gasteiger partial charge in [0.05, 0.1) is 0 Å². The number of hydrogen-bond acceptors (Lipinski definition) is 3. The van der Waals surface area contributed by atoms with Crippen LogP contribution in [-0.2, 0) is 0 Å².